The Morgan fingerprint density at radius 2 is 2.22 bits per heavy atom. The first kappa shape index (κ1) is 11.4. The molecular formula is C14H12BrN3. The number of pyridine rings is 1. The van der Waals surface area contributed by atoms with E-state index >= 15 is 0 Å². The number of nitrogens with one attached hydrogen (secondary N) is 1. The first-order valence-electron chi connectivity index (χ1n) is 5.74. The highest BCUT2D eigenvalue weighted by Crippen LogP contribution is 2.27. The van der Waals surface area contributed by atoms with E-state index in [0.29, 0.717) is 0 Å². The van der Waals surface area contributed by atoms with E-state index in [0.717, 1.165) is 22.1 Å². The van der Waals surface area contributed by atoms with Crippen LogP contribution < -0.4 is 0 Å². The molecule has 2 aromatic heterocycles. The normalized spacial score (nSPS) is 11.0. The van der Waals surface area contributed by atoms with Crippen molar-refractivity contribution in [3.8, 4) is 11.3 Å². The lowest BCUT2D eigenvalue weighted by atomic mass is 10.0. The van der Waals surface area contributed by atoms with Gasteiger partial charge in [-0.1, -0.05) is 34.1 Å². The van der Waals surface area contributed by atoms with Gasteiger partial charge in [0.2, 0.25) is 0 Å². The largest absolute Gasteiger partial charge is 0.285 e. The summed E-state index contributed by atoms with van der Waals surface area (Å²) < 4.78 is 0. The number of aryl methyl sites for hydroxylation is 1. The number of para-hydroxylation sites is 1. The number of fused-ring (bicyclic) bond motifs is 1. The molecule has 1 N–H and O–H groups in total. The van der Waals surface area contributed by atoms with Gasteiger partial charge in [0.1, 0.15) is 0 Å². The van der Waals surface area contributed by atoms with E-state index in [-0.39, 0.29) is 0 Å². The summed E-state index contributed by atoms with van der Waals surface area (Å²) in [6, 6.07) is 8.43. The molecule has 0 amide bonds. The minimum Gasteiger partial charge on any atom is -0.285 e. The maximum Gasteiger partial charge on any atom is 0.0781 e. The molecule has 2 heterocycles. The number of aromatic amines is 1. The van der Waals surface area contributed by atoms with Gasteiger partial charge in [0.05, 0.1) is 17.4 Å². The quantitative estimate of drug-likeness (QED) is 0.731. The molecule has 3 rings (SSSR count). The monoisotopic (exact) mass is 301 g/mol. The van der Waals surface area contributed by atoms with Crippen molar-refractivity contribution in [3.63, 3.8) is 0 Å². The first-order valence-corrected chi connectivity index (χ1v) is 6.86. The molecule has 0 aliphatic rings. The number of hydrogen-bond acceptors (Lipinski definition) is 2. The zero-order valence-electron chi connectivity index (χ0n) is 9.94. The zero-order chi connectivity index (χ0) is 12.5. The first-order chi connectivity index (χ1) is 8.79. The number of H-pyrrole nitrogens is 1. The van der Waals surface area contributed by atoms with E-state index in [4.69, 9.17) is 4.98 Å². The van der Waals surface area contributed by atoms with Gasteiger partial charge < -0.3 is 0 Å². The fraction of sp³-hybridized carbons (Fsp3) is 0.143. The predicted molar refractivity (Wildman–Crippen MR) is 76.7 cm³/mol. The smallest absolute Gasteiger partial charge is 0.0781 e. The van der Waals surface area contributed by atoms with Gasteiger partial charge in [-0.15, -0.1) is 0 Å². The van der Waals surface area contributed by atoms with Crippen LogP contribution in [0.5, 0.6) is 0 Å². The van der Waals surface area contributed by atoms with E-state index in [2.05, 4.69) is 57.3 Å². The van der Waals surface area contributed by atoms with E-state index < -0.39 is 0 Å². The van der Waals surface area contributed by atoms with Crippen LogP contribution in [0.3, 0.4) is 0 Å². The van der Waals surface area contributed by atoms with Crippen LogP contribution in [0.4, 0.5) is 0 Å². The number of alkyl halides is 1. The van der Waals surface area contributed by atoms with Crippen LogP contribution in [-0.4, -0.2) is 15.2 Å². The molecule has 0 unspecified atom stereocenters. The molecule has 0 saturated heterocycles. The molecule has 0 atom stereocenters. The third kappa shape index (κ3) is 1.82. The Morgan fingerprint density at radius 1 is 1.33 bits per heavy atom. The maximum absolute atomic E-state index is 4.80. The van der Waals surface area contributed by atoms with Gasteiger partial charge in [-0.05, 0) is 24.1 Å². The Kier molecular flexibility index (Phi) is 2.88. The molecule has 4 heteroatoms. The topological polar surface area (TPSA) is 41.6 Å². The molecule has 0 spiro atoms. The molecule has 3 aromatic rings. The molecule has 3 nitrogen and oxygen atoms in total. The van der Waals surface area contributed by atoms with Crippen molar-refractivity contribution in [1.82, 2.24) is 15.2 Å². The minimum absolute atomic E-state index is 0.782. The molecule has 0 bridgehead atoms. The van der Waals surface area contributed by atoms with Crippen LogP contribution in [-0.2, 0) is 5.33 Å². The maximum atomic E-state index is 4.80. The molecule has 0 saturated carbocycles. The van der Waals surface area contributed by atoms with Crippen molar-refractivity contribution < 1.29 is 0 Å². The molecule has 0 radical (unpaired) electrons. The minimum atomic E-state index is 0.782. The number of hydrogen-bond donors (Lipinski definition) is 1. The summed E-state index contributed by atoms with van der Waals surface area (Å²) in [4.78, 5) is 4.80. The lowest BCUT2D eigenvalue weighted by molar-refractivity contribution is 1.09. The highest BCUT2D eigenvalue weighted by molar-refractivity contribution is 9.08. The summed E-state index contributed by atoms with van der Waals surface area (Å²) in [7, 11) is 0. The van der Waals surface area contributed by atoms with Crippen LogP contribution in [0.2, 0.25) is 0 Å². The van der Waals surface area contributed by atoms with Crippen molar-refractivity contribution in [2.45, 2.75) is 12.3 Å². The van der Waals surface area contributed by atoms with Crippen molar-refractivity contribution in [2.24, 2.45) is 0 Å². The zero-order valence-corrected chi connectivity index (χ0v) is 11.5. The second-order valence-corrected chi connectivity index (χ2v) is 4.82. The lowest BCUT2D eigenvalue weighted by Gasteiger charge is -2.08. The van der Waals surface area contributed by atoms with Gasteiger partial charge in [0.25, 0.3) is 0 Å². The lowest BCUT2D eigenvalue weighted by Crippen LogP contribution is -1.93. The summed E-state index contributed by atoms with van der Waals surface area (Å²) in [5.41, 5.74) is 5.43. The Balaban J connectivity index is 2.33. The number of nitrogens with zero attached hydrogens (tertiary/aromatic N) is 2. The molecule has 0 aliphatic carbocycles. The number of aromatic nitrogens is 3. The molecule has 1 aromatic carbocycles. The third-order valence-corrected chi connectivity index (χ3v) is 3.65. The van der Waals surface area contributed by atoms with Gasteiger partial charge in [0.15, 0.2) is 0 Å². The summed E-state index contributed by atoms with van der Waals surface area (Å²) in [5, 5.41) is 8.79. The highest BCUT2D eigenvalue weighted by Gasteiger charge is 2.10. The van der Waals surface area contributed by atoms with Gasteiger partial charge in [-0.3, -0.25) is 5.10 Å². The van der Waals surface area contributed by atoms with Crippen LogP contribution in [0.1, 0.15) is 11.1 Å². The average Bonchev–Trinajstić information content (AvgIpc) is 2.91. The molecule has 0 fully saturated rings. The third-order valence-electron chi connectivity index (χ3n) is 3.04. The Bertz CT molecular complexity index is 690. The van der Waals surface area contributed by atoms with Gasteiger partial charge in [-0.25, -0.2) is 4.98 Å². The Morgan fingerprint density at radius 3 is 2.94 bits per heavy atom. The summed E-state index contributed by atoms with van der Waals surface area (Å²) in [5.74, 6) is 0. The van der Waals surface area contributed by atoms with Gasteiger partial charge in [-0.2, -0.15) is 5.10 Å². The van der Waals surface area contributed by atoms with Gasteiger partial charge in [0, 0.05) is 22.5 Å². The van der Waals surface area contributed by atoms with Crippen molar-refractivity contribution in [1.29, 1.82) is 0 Å². The Hall–Kier alpha value is -1.68. The molecule has 90 valence electrons. The summed E-state index contributed by atoms with van der Waals surface area (Å²) in [6.45, 7) is 2.09. The number of halogens is 1. The van der Waals surface area contributed by atoms with Crippen molar-refractivity contribution in [3.05, 3.63) is 47.8 Å². The van der Waals surface area contributed by atoms with Crippen LogP contribution in [0, 0.1) is 6.92 Å². The van der Waals surface area contributed by atoms with E-state index in [1.165, 1.54) is 16.5 Å². The van der Waals surface area contributed by atoms with E-state index in [9.17, 15) is 0 Å². The fourth-order valence-electron chi connectivity index (χ4n) is 2.12. The second kappa shape index (κ2) is 4.53. The predicted octanol–water partition coefficient (Wildman–Crippen LogP) is 3.83. The van der Waals surface area contributed by atoms with Crippen molar-refractivity contribution in [2.75, 3.05) is 0 Å². The van der Waals surface area contributed by atoms with Crippen LogP contribution in [0.25, 0.3) is 22.2 Å². The van der Waals surface area contributed by atoms with E-state index in [1.807, 2.05) is 6.20 Å². The average molecular weight is 302 g/mol. The van der Waals surface area contributed by atoms with Gasteiger partial charge >= 0.3 is 0 Å². The SMILES string of the molecule is Cc1cccc2cc(CBr)c(-c3cn[nH]c3)nc12. The number of rotatable bonds is 2. The Labute approximate surface area is 113 Å². The molecule has 0 aliphatic heterocycles. The van der Waals surface area contributed by atoms with E-state index in [1.54, 1.807) is 6.20 Å². The number of benzene rings is 1. The molecular weight excluding hydrogens is 290 g/mol. The second-order valence-electron chi connectivity index (χ2n) is 4.26. The molecule has 18 heavy (non-hydrogen) atoms. The van der Waals surface area contributed by atoms with Crippen LogP contribution >= 0.6 is 15.9 Å². The summed E-state index contributed by atoms with van der Waals surface area (Å²) >= 11 is 3.53. The van der Waals surface area contributed by atoms with Crippen LogP contribution in [0.15, 0.2) is 36.7 Å². The fourth-order valence-corrected chi connectivity index (χ4v) is 2.55. The standard InChI is InChI=1S/C14H12BrN3/c1-9-3-2-4-10-5-11(6-15)14(18-13(9)10)12-7-16-17-8-12/h2-5,7-8H,6H2,1H3,(H,16,17). The summed E-state index contributed by atoms with van der Waals surface area (Å²) in [6.07, 6.45) is 3.68. The highest BCUT2D eigenvalue weighted by atomic mass is 79.9. The van der Waals surface area contributed by atoms with Crippen molar-refractivity contribution >= 4 is 26.8 Å².